The lowest BCUT2D eigenvalue weighted by molar-refractivity contribution is 0.434. The number of hydrogen-bond acceptors (Lipinski definition) is 0. The Morgan fingerprint density at radius 3 is 1.51 bits per heavy atom. The standard InChI is InChI=1S/C35H44BP/c1-22-17-24(3)34(25(4)18-22)37(35-26(5)19-23(2)20-27(35)6)33-21-32(30-15-7-8-16-31(30)33)36-28-11-9-12-29(36)14-10-13-28/h7-8,15-20,28-29,32-33H,9-14,21H2,1-6H3/t28?,29?,32-,33-/m1/s1. The lowest BCUT2D eigenvalue weighted by Gasteiger charge is -2.44. The summed E-state index contributed by atoms with van der Waals surface area (Å²) in [5.74, 6) is 2.67. The van der Waals surface area contributed by atoms with Crippen molar-refractivity contribution < 1.29 is 0 Å². The van der Waals surface area contributed by atoms with Gasteiger partial charge in [0.05, 0.1) is 0 Å². The van der Waals surface area contributed by atoms with E-state index in [-0.39, 0.29) is 0 Å². The fourth-order valence-electron chi connectivity index (χ4n) is 9.17. The van der Waals surface area contributed by atoms with Crippen LogP contribution in [0, 0.1) is 41.5 Å². The first-order chi connectivity index (χ1) is 17.8. The van der Waals surface area contributed by atoms with Gasteiger partial charge in [0, 0.05) is 5.66 Å². The molecule has 0 nitrogen and oxygen atoms in total. The zero-order chi connectivity index (χ0) is 25.8. The number of benzene rings is 3. The molecule has 3 aromatic carbocycles. The molecule has 0 saturated carbocycles. The number of aryl methyl sites for hydroxylation is 6. The molecule has 0 N–H and O–H groups in total. The summed E-state index contributed by atoms with van der Waals surface area (Å²) in [5, 5.41) is 3.31. The fraction of sp³-hybridized carbons (Fsp3) is 0.486. The first-order valence-electron chi connectivity index (χ1n) is 14.9. The van der Waals surface area contributed by atoms with Gasteiger partial charge < -0.3 is 0 Å². The average Bonchev–Trinajstić information content (AvgIpc) is 3.20. The number of hydrogen-bond donors (Lipinski definition) is 0. The molecule has 2 aliphatic heterocycles. The Morgan fingerprint density at radius 2 is 1.05 bits per heavy atom. The van der Waals surface area contributed by atoms with Crippen molar-refractivity contribution in [1.29, 1.82) is 0 Å². The van der Waals surface area contributed by atoms with Crippen LogP contribution in [0.5, 0.6) is 0 Å². The molecule has 0 spiro atoms. The van der Waals surface area contributed by atoms with Crippen molar-refractivity contribution in [2.45, 2.75) is 110 Å². The summed E-state index contributed by atoms with van der Waals surface area (Å²) in [6, 6.07) is 19.5. The lowest BCUT2D eigenvalue weighted by atomic mass is 9.22. The smallest absolute Gasteiger partial charge is 0.0620 e. The molecular formula is C35H44BP. The second-order valence-electron chi connectivity index (χ2n) is 12.8. The third kappa shape index (κ3) is 4.44. The molecule has 3 aromatic rings. The van der Waals surface area contributed by atoms with Crippen LogP contribution in [0.3, 0.4) is 0 Å². The molecule has 2 fully saturated rings. The summed E-state index contributed by atoms with van der Waals surface area (Å²) in [6.45, 7) is 15.0. The van der Waals surface area contributed by atoms with E-state index in [9.17, 15) is 0 Å². The van der Waals surface area contributed by atoms with Crippen molar-refractivity contribution in [3.8, 4) is 0 Å². The normalized spacial score (nSPS) is 25.0. The van der Waals surface area contributed by atoms with Crippen molar-refractivity contribution in [2.24, 2.45) is 0 Å². The van der Waals surface area contributed by atoms with Crippen molar-refractivity contribution in [3.05, 3.63) is 93.0 Å². The van der Waals surface area contributed by atoms with Crippen LogP contribution < -0.4 is 10.6 Å². The number of rotatable bonds is 4. The van der Waals surface area contributed by atoms with Gasteiger partial charge >= 0.3 is 0 Å². The topological polar surface area (TPSA) is 0 Å². The molecule has 0 radical (unpaired) electrons. The Kier molecular flexibility index (Phi) is 6.90. The SMILES string of the molecule is Cc1cc(C)c(P(c2c(C)cc(C)cc2C)[C@@H]2C[C@@H](B3C4CCCC3CCC4)c3ccccc32)c(C)c1. The second kappa shape index (κ2) is 10.0. The highest BCUT2D eigenvalue weighted by Crippen LogP contribution is 2.64. The van der Waals surface area contributed by atoms with Crippen LogP contribution in [0.4, 0.5) is 0 Å². The highest BCUT2D eigenvalue weighted by atomic mass is 31.1. The summed E-state index contributed by atoms with van der Waals surface area (Å²) in [7, 11) is -0.509. The largest absolute Gasteiger partial charge is 0.154 e. The molecule has 2 saturated heterocycles. The third-order valence-electron chi connectivity index (χ3n) is 10.1. The number of fused-ring (bicyclic) bond motifs is 3. The van der Waals surface area contributed by atoms with Crippen LogP contribution in [0.1, 0.15) is 101 Å². The first-order valence-corrected chi connectivity index (χ1v) is 16.3. The van der Waals surface area contributed by atoms with Crippen LogP contribution in [0.25, 0.3) is 0 Å². The van der Waals surface area contributed by atoms with Gasteiger partial charge in [-0.2, -0.15) is 0 Å². The maximum atomic E-state index is 2.53. The highest BCUT2D eigenvalue weighted by molar-refractivity contribution is 7.73. The zero-order valence-corrected chi connectivity index (χ0v) is 24.8. The minimum absolute atomic E-state index is 0.509. The Bertz CT molecular complexity index is 1200. The summed E-state index contributed by atoms with van der Waals surface area (Å²) >= 11 is 0. The molecule has 2 atom stereocenters. The van der Waals surface area contributed by atoms with E-state index in [1.165, 1.54) is 78.3 Å². The maximum Gasteiger partial charge on any atom is 0.154 e. The van der Waals surface area contributed by atoms with Gasteiger partial charge in [0.1, 0.15) is 0 Å². The van der Waals surface area contributed by atoms with E-state index >= 15 is 0 Å². The molecule has 2 heterocycles. The molecule has 2 heteroatoms. The molecule has 3 aliphatic rings. The average molecular weight is 507 g/mol. The molecule has 1 aliphatic carbocycles. The van der Waals surface area contributed by atoms with Gasteiger partial charge in [0.25, 0.3) is 0 Å². The maximum absolute atomic E-state index is 2.53. The zero-order valence-electron chi connectivity index (χ0n) is 23.9. The molecule has 0 amide bonds. The predicted octanol–water partition coefficient (Wildman–Crippen LogP) is 9.34. The summed E-state index contributed by atoms with van der Waals surface area (Å²) in [6.07, 6.45) is 10.2. The van der Waals surface area contributed by atoms with Gasteiger partial charge in [-0.15, -0.1) is 0 Å². The Balaban J connectivity index is 1.53. The van der Waals surface area contributed by atoms with Gasteiger partial charge in [-0.3, -0.25) is 0 Å². The van der Waals surface area contributed by atoms with Gasteiger partial charge in [0.15, 0.2) is 6.71 Å². The summed E-state index contributed by atoms with van der Waals surface area (Å²) in [5.41, 5.74) is 12.8. The van der Waals surface area contributed by atoms with Crippen molar-refractivity contribution in [1.82, 2.24) is 0 Å². The minimum Gasteiger partial charge on any atom is -0.0620 e. The molecule has 192 valence electrons. The Labute approximate surface area is 227 Å². The summed E-state index contributed by atoms with van der Waals surface area (Å²) < 4.78 is 0. The molecule has 0 unspecified atom stereocenters. The van der Waals surface area contributed by atoms with E-state index in [1.54, 1.807) is 21.7 Å². The molecule has 6 rings (SSSR count). The van der Waals surface area contributed by atoms with Crippen LogP contribution in [-0.4, -0.2) is 6.71 Å². The predicted molar refractivity (Wildman–Crippen MR) is 165 cm³/mol. The fourth-order valence-corrected chi connectivity index (χ4v) is 12.7. The third-order valence-corrected chi connectivity index (χ3v) is 13.6. The monoisotopic (exact) mass is 506 g/mol. The van der Waals surface area contributed by atoms with E-state index in [1.807, 2.05) is 0 Å². The van der Waals surface area contributed by atoms with Crippen molar-refractivity contribution in [2.75, 3.05) is 0 Å². The Morgan fingerprint density at radius 1 is 0.622 bits per heavy atom. The van der Waals surface area contributed by atoms with E-state index in [0.29, 0.717) is 5.66 Å². The van der Waals surface area contributed by atoms with E-state index < -0.39 is 7.92 Å². The molecule has 0 aromatic heterocycles. The van der Waals surface area contributed by atoms with Crippen LogP contribution in [0.2, 0.25) is 11.6 Å². The van der Waals surface area contributed by atoms with Crippen molar-refractivity contribution in [3.63, 3.8) is 0 Å². The van der Waals surface area contributed by atoms with Gasteiger partial charge in [-0.25, -0.2) is 0 Å². The molecule has 2 bridgehead atoms. The molecular weight excluding hydrogens is 462 g/mol. The first kappa shape index (κ1) is 25.4. The highest BCUT2D eigenvalue weighted by Gasteiger charge is 2.49. The van der Waals surface area contributed by atoms with Gasteiger partial charge in [-0.05, 0) is 106 Å². The van der Waals surface area contributed by atoms with Crippen LogP contribution in [-0.2, 0) is 0 Å². The van der Waals surface area contributed by atoms with Crippen molar-refractivity contribution >= 4 is 25.2 Å². The van der Waals surface area contributed by atoms with Crippen LogP contribution in [0.15, 0.2) is 48.5 Å². The lowest BCUT2D eigenvalue weighted by Crippen LogP contribution is -2.39. The quantitative estimate of drug-likeness (QED) is 0.244. The van der Waals surface area contributed by atoms with Gasteiger partial charge in [-0.1, -0.05) is 110 Å². The van der Waals surface area contributed by atoms with Gasteiger partial charge in [0.2, 0.25) is 0 Å². The molecule has 37 heavy (non-hydrogen) atoms. The van der Waals surface area contributed by atoms with E-state index in [0.717, 1.165) is 24.2 Å². The van der Waals surface area contributed by atoms with E-state index in [2.05, 4.69) is 90.1 Å². The summed E-state index contributed by atoms with van der Waals surface area (Å²) in [4.78, 5) is 0. The minimum atomic E-state index is -0.509. The Hall–Kier alpha value is -1.85. The van der Waals surface area contributed by atoms with Crippen LogP contribution >= 0.6 is 7.92 Å². The second-order valence-corrected chi connectivity index (χ2v) is 15.1. The van der Waals surface area contributed by atoms with E-state index in [4.69, 9.17) is 0 Å².